The van der Waals surface area contributed by atoms with Crippen LogP contribution in [-0.2, 0) is 11.2 Å². The van der Waals surface area contributed by atoms with E-state index in [2.05, 4.69) is 36.1 Å². The van der Waals surface area contributed by atoms with Crippen molar-refractivity contribution in [3.8, 4) is 23.0 Å². The Balaban J connectivity index is 1.64. The van der Waals surface area contributed by atoms with E-state index in [-0.39, 0.29) is 0 Å². The molecule has 1 amide bonds. The third-order valence-corrected chi connectivity index (χ3v) is 5.67. The van der Waals surface area contributed by atoms with Crippen LogP contribution < -0.4 is 5.73 Å². The summed E-state index contributed by atoms with van der Waals surface area (Å²) in [6.45, 7) is 0. The first-order chi connectivity index (χ1) is 15.2. The van der Waals surface area contributed by atoms with E-state index in [0.29, 0.717) is 12.3 Å². The van der Waals surface area contributed by atoms with Gasteiger partial charge in [-0.1, -0.05) is 72.7 Å². The van der Waals surface area contributed by atoms with Gasteiger partial charge in [-0.3, -0.25) is 4.79 Å². The largest absolute Gasteiger partial charge is 0.368 e. The average Bonchev–Trinajstić information content (AvgIpc) is 3.57. The first-order valence-corrected chi connectivity index (χ1v) is 10.6. The summed E-state index contributed by atoms with van der Waals surface area (Å²) in [5.41, 5.74) is 10.7. The van der Waals surface area contributed by atoms with Crippen molar-refractivity contribution in [1.29, 1.82) is 0 Å². The number of primary amides is 1. The minimum Gasteiger partial charge on any atom is -0.368 e. The van der Waals surface area contributed by atoms with Crippen molar-refractivity contribution in [2.75, 3.05) is 0 Å². The topological polar surface area (TPSA) is 60.9 Å². The van der Waals surface area contributed by atoms with Gasteiger partial charge in [0.05, 0.1) is 5.52 Å². The lowest BCUT2D eigenvalue weighted by Crippen LogP contribution is -2.30. The number of amides is 1. The van der Waals surface area contributed by atoms with Crippen LogP contribution in [0.25, 0.3) is 22.0 Å². The average molecular weight is 406 g/mol. The highest BCUT2D eigenvalue weighted by Crippen LogP contribution is 2.30. The number of rotatable bonds is 5. The number of carbonyl (C=O) groups excluding carboxylic acids is 1. The molecule has 1 saturated carbocycles. The number of fused-ring (bicyclic) bond motifs is 1. The molecule has 0 radical (unpaired) electrons. The van der Waals surface area contributed by atoms with Gasteiger partial charge in [0.2, 0.25) is 5.91 Å². The molecule has 2 N–H and O–H groups in total. The van der Waals surface area contributed by atoms with Gasteiger partial charge in [0.25, 0.3) is 0 Å². The fraction of sp³-hybridized carbons (Fsp3) is 0.185. The van der Waals surface area contributed by atoms with Crippen LogP contribution >= 0.6 is 0 Å². The molecule has 1 aliphatic rings. The molecule has 1 atom stereocenters. The second kappa shape index (κ2) is 8.12. The molecule has 31 heavy (non-hydrogen) atoms. The summed E-state index contributed by atoms with van der Waals surface area (Å²) in [5.74, 6) is 6.72. The Morgan fingerprint density at radius 1 is 1.00 bits per heavy atom. The number of hydrogen-bond donors (Lipinski definition) is 1. The van der Waals surface area contributed by atoms with Crippen molar-refractivity contribution in [3.05, 3.63) is 90.1 Å². The van der Waals surface area contributed by atoms with Crippen LogP contribution in [0, 0.1) is 17.8 Å². The Kier molecular flexibility index (Phi) is 5.01. The highest BCUT2D eigenvalue weighted by molar-refractivity contribution is 5.90. The maximum absolute atomic E-state index is 12.5. The molecule has 5 rings (SSSR count). The molecule has 1 fully saturated rings. The minimum atomic E-state index is -0.599. The Morgan fingerprint density at radius 3 is 2.39 bits per heavy atom. The van der Waals surface area contributed by atoms with Crippen LogP contribution in [-0.4, -0.2) is 15.7 Å². The number of carbonyl (C=O) groups is 1. The van der Waals surface area contributed by atoms with E-state index in [4.69, 9.17) is 10.8 Å². The standard InChI is InChI=1S/C27H23N3O/c28-27(31)26(17-20-7-3-1-4-8-20)30-25(16-13-19-11-12-19)23-18-22(14-15-24(23)29-30)21-9-5-2-6-10-21/h1-10,14-15,18-19,26H,11-12,17H2,(H2,28,31). The highest BCUT2D eigenvalue weighted by atomic mass is 16.1. The molecule has 4 heteroatoms. The van der Waals surface area contributed by atoms with Gasteiger partial charge in [0, 0.05) is 17.7 Å². The molecule has 0 aliphatic heterocycles. The molecule has 1 unspecified atom stereocenters. The van der Waals surface area contributed by atoms with Gasteiger partial charge >= 0.3 is 0 Å². The van der Waals surface area contributed by atoms with Crippen molar-refractivity contribution in [2.24, 2.45) is 11.7 Å². The van der Waals surface area contributed by atoms with Crippen LogP contribution in [0.1, 0.15) is 30.1 Å². The lowest BCUT2D eigenvalue weighted by Gasteiger charge is -2.15. The lowest BCUT2D eigenvalue weighted by atomic mass is 10.0. The zero-order chi connectivity index (χ0) is 21.2. The van der Waals surface area contributed by atoms with Gasteiger partial charge in [0.1, 0.15) is 11.7 Å². The van der Waals surface area contributed by atoms with E-state index in [9.17, 15) is 4.79 Å². The zero-order valence-electron chi connectivity index (χ0n) is 17.2. The molecular formula is C27H23N3O. The molecule has 152 valence electrons. The molecule has 4 nitrogen and oxygen atoms in total. The molecule has 1 aromatic heterocycles. The number of nitrogens with zero attached hydrogens (tertiary/aromatic N) is 2. The fourth-order valence-electron chi connectivity index (χ4n) is 3.81. The fourth-order valence-corrected chi connectivity index (χ4v) is 3.81. The van der Waals surface area contributed by atoms with E-state index >= 15 is 0 Å². The van der Waals surface area contributed by atoms with E-state index < -0.39 is 11.9 Å². The molecule has 0 bridgehead atoms. The van der Waals surface area contributed by atoms with Crippen molar-refractivity contribution in [2.45, 2.75) is 25.3 Å². The van der Waals surface area contributed by atoms with E-state index in [1.807, 2.05) is 54.6 Å². The van der Waals surface area contributed by atoms with Gasteiger partial charge in [-0.05, 0) is 47.6 Å². The smallest absolute Gasteiger partial charge is 0.242 e. The second-order valence-corrected chi connectivity index (χ2v) is 8.04. The summed E-state index contributed by atoms with van der Waals surface area (Å²) in [6.07, 6.45) is 2.75. The number of nitrogens with two attached hydrogens (primary N) is 1. The molecular weight excluding hydrogens is 382 g/mol. The van der Waals surface area contributed by atoms with E-state index in [1.54, 1.807) is 4.68 Å². The summed E-state index contributed by atoms with van der Waals surface area (Å²) in [6, 6.07) is 25.7. The van der Waals surface area contributed by atoms with Crippen molar-refractivity contribution in [3.63, 3.8) is 0 Å². The number of benzene rings is 3. The zero-order valence-corrected chi connectivity index (χ0v) is 17.2. The summed E-state index contributed by atoms with van der Waals surface area (Å²) in [5, 5.41) is 5.73. The second-order valence-electron chi connectivity index (χ2n) is 8.04. The third kappa shape index (κ3) is 4.08. The van der Waals surface area contributed by atoms with Crippen LogP contribution in [0.15, 0.2) is 78.9 Å². The first kappa shape index (κ1) is 19.1. The SMILES string of the molecule is NC(=O)C(Cc1ccccc1)n1nc2ccc(-c3ccccc3)cc2c1C#CC1CC1. The summed E-state index contributed by atoms with van der Waals surface area (Å²) < 4.78 is 1.74. The van der Waals surface area contributed by atoms with Crippen molar-refractivity contribution >= 4 is 16.8 Å². The van der Waals surface area contributed by atoms with Crippen LogP contribution in [0.3, 0.4) is 0 Å². The Labute approximate surface area is 181 Å². The predicted octanol–water partition coefficient (Wildman–Crippen LogP) is 4.73. The Bertz CT molecular complexity index is 1290. The van der Waals surface area contributed by atoms with Crippen molar-refractivity contribution < 1.29 is 4.79 Å². The van der Waals surface area contributed by atoms with E-state index in [1.165, 1.54) is 0 Å². The first-order valence-electron chi connectivity index (χ1n) is 10.6. The Hall–Kier alpha value is -3.84. The number of aromatic nitrogens is 2. The highest BCUT2D eigenvalue weighted by Gasteiger charge is 2.24. The lowest BCUT2D eigenvalue weighted by molar-refractivity contribution is -0.121. The van der Waals surface area contributed by atoms with Crippen molar-refractivity contribution in [1.82, 2.24) is 9.78 Å². The van der Waals surface area contributed by atoms with Gasteiger partial charge in [-0.15, -0.1) is 0 Å². The van der Waals surface area contributed by atoms with Gasteiger partial charge < -0.3 is 5.73 Å². The van der Waals surface area contributed by atoms with Crippen LogP contribution in [0.2, 0.25) is 0 Å². The molecule has 3 aromatic carbocycles. The minimum absolute atomic E-state index is 0.408. The molecule has 0 saturated heterocycles. The summed E-state index contributed by atoms with van der Waals surface area (Å²) in [4.78, 5) is 12.5. The Morgan fingerprint density at radius 2 is 1.71 bits per heavy atom. The maximum Gasteiger partial charge on any atom is 0.242 e. The molecule has 4 aromatic rings. The predicted molar refractivity (Wildman–Crippen MR) is 123 cm³/mol. The van der Waals surface area contributed by atoms with Crippen LogP contribution in [0.5, 0.6) is 0 Å². The normalized spacial score (nSPS) is 14.1. The molecule has 1 aliphatic carbocycles. The monoisotopic (exact) mass is 405 g/mol. The van der Waals surface area contributed by atoms with E-state index in [0.717, 1.165) is 46.1 Å². The van der Waals surface area contributed by atoms with Gasteiger partial charge in [-0.25, -0.2) is 4.68 Å². The van der Waals surface area contributed by atoms with Gasteiger partial charge in [0.15, 0.2) is 0 Å². The third-order valence-electron chi connectivity index (χ3n) is 5.67. The molecule has 0 spiro atoms. The van der Waals surface area contributed by atoms with Crippen LogP contribution in [0.4, 0.5) is 0 Å². The summed E-state index contributed by atoms with van der Waals surface area (Å²) >= 11 is 0. The van der Waals surface area contributed by atoms with Gasteiger partial charge in [-0.2, -0.15) is 5.10 Å². The summed E-state index contributed by atoms with van der Waals surface area (Å²) in [7, 11) is 0. The quantitative estimate of drug-likeness (QED) is 0.488. The number of hydrogen-bond acceptors (Lipinski definition) is 2. The maximum atomic E-state index is 12.5. The molecule has 1 heterocycles.